The molecule has 1 aromatic heterocycles. The average Bonchev–Trinajstić information content (AvgIpc) is 2.13. The monoisotopic (exact) mass is 171 g/mol. The second kappa shape index (κ2) is 3.85. The van der Waals surface area contributed by atoms with Crippen molar-refractivity contribution in [2.24, 2.45) is 0 Å². The SMILES string of the molecule is C=C/C(=C\C)c1ccc(=C)c(=C)n1. The van der Waals surface area contributed by atoms with Crippen LogP contribution in [-0.2, 0) is 0 Å². The summed E-state index contributed by atoms with van der Waals surface area (Å²) in [6.45, 7) is 13.3. The summed E-state index contributed by atoms with van der Waals surface area (Å²) in [5, 5.41) is 1.59. The fourth-order valence-corrected chi connectivity index (χ4v) is 1.06. The molecule has 0 aliphatic carbocycles. The van der Waals surface area contributed by atoms with Crippen LogP contribution in [0.15, 0.2) is 30.9 Å². The maximum atomic E-state index is 4.30. The van der Waals surface area contributed by atoms with Gasteiger partial charge in [0.15, 0.2) is 0 Å². The fraction of sp³-hybridized carbons (Fsp3) is 0.0833. The Labute approximate surface area is 78.4 Å². The van der Waals surface area contributed by atoms with E-state index in [4.69, 9.17) is 0 Å². The summed E-state index contributed by atoms with van der Waals surface area (Å²) in [4.78, 5) is 4.30. The Kier molecular flexibility index (Phi) is 2.80. The molecule has 1 nitrogen and oxygen atoms in total. The predicted molar refractivity (Wildman–Crippen MR) is 58.4 cm³/mol. The Balaban J connectivity index is 3.33. The Morgan fingerprint density at radius 2 is 2.08 bits per heavy atom. The summed E-state index contributed by atoms with van der Waals surface area (Å²) < 4.78 is 0. The van der Waals surface area contributed by atoms with E-state index in [2.05, 4.69) is 24.7 Å². The van der Waals surface area contributed by atoms with Gasteiger partial charge in [0.05, 0.1) is 11.0 Å². The third-order valence-electron chi connectivity index (χ3n) is 1.90. The first-order chi connectivity index (χ1) is 6.19. The number of aromatic nitrogens is 1. The fourth-order valence-electron chi connectivity index (χ4n) is 1.06. The summed E-state index contributed by atoms with van der Waals surface area (Å²) in [7, 11) is 0. The summed E-state index contributed by atoms with van der Waals surface area (Å²) in [5.74, 6) is 0. The second-order valence-electron chi connectivity index (χ2n) is 2.75. The predicted octanol–water partition coefficient (Wildman–Crippen LogP) is 1.49. The van der Waals surface area contributed by atoms with Crippen LogP contribution in [0.5, 0.6) is 0 Å². The molecular formula is C12H13N. The number of hydrogen-bond donors (Lipinski definition) is 0. The van der Waals surface area contributed by atoms with Gasteiger partial charge in [-0.2, -0.15) is 0 Å². The van der Waals surface area contributed by atoms with Gasteiger partial charge in [0, 0.05) is 0 Å². The van der Waals surface area contributed by atoms with Crippen LogP contribution < -0.4 is 10.6 Å². The maximum absolute atomic E-state index is 4.30. The van der Waals surface area contributed by atoms with Crippen molar-refractivity contribution in [2.45, 2.75) is 6.92 Å². The van der Waals surface area contributed by atoms with Crippen LogP contribution in [0.1, 0.15) is 12.6 Å². The molecule has 1 heteroatoms. The third kappa shape index (κ3) is 1.94. The molecule has 0 saturated heterocycles. The van der Waals surface area contributed by atoms with Crippen molar-refractivity contribution in [3.8, 4) is 0 Å². The zero-order valence-corrected chi connectivity index (χ0v) is 7.88. The lowest BCUT2D eigenvalue weighted by Gasteiger charge is -1.99. The van der Waals surface area contributed by atoms with E-state index in [0.29, 0.717) is 0 Å². The van der Waals surface area contributed by atoms with Crippen molar-refractivity contribution < 1.29 is 0 Å². The van der Waals surface area contributed by atoms with Crippen LogP contribution in [0.25, 0.3) is 18.7 Å². The quantitative estimate of drug-likeness (QED) is 0.614. The van der Waals surface area contributed by atoms with Gasteiger partial charge in [-0.25, -0.2) is 4.98 Å². The number of pyridine rings is 1. The van der Waals surface area contributed by atoms with E-state index >= 15 is 0 Å². The highest BCUT2D eigenvalue weighted by molar-refractivity contribution is 5.70. The summed E-state index contributed by atoms with van der Waals surface area (Å²) in [6.07, 6.45) is 3.75. The molecule has 0 radical (unpaired) electrons. The summed E-state index contributed by atoms with van der Waals surface area (Å²) in [6, 6.07) is 3.84. The van der Waals surface area contributed by atoms with Crippen molar-refractivity contribution in [2.75, 3.05) is 0 Å². The van der Waals surface area contributed by atoms with E-state index in [1.165, 1.54) is 0 Å². The Bertz CT molecular complexity index is 441. The first-order valence-corrected chi connectivity index (χ1v) is 4.13. The molecule has 13 heavy (non-hydrogen) atoms. The second-order valence-corrected chi connectivity index (χ2v) is 2.75. The van der Waals surface area contributed by atoms with Crippen LogP contribution in [0.3, 0.4) is 0 Å². The Morgan fingerprint density at radius 1 is 1.38 bits per heavy atom. The maximum Gasteiger partial charge on any atom is 0.0705 e. The van der Waals surface area contributed by atoms with Crippen LogP contribution in [0.4, 0.5) is 0 Å². The Hall–Kier alpha value is -1.63. The molecule has 66 valence electrons. The van der Waals surface area contributed by atoms with Gasteiger partial charge in [-0.1, -0.05) is 38.0 Å². The summed E-state index contributed by atoms with van der Waals surface area (Å²) >= 11 is 0. The number of allylic oxidation sites excluding steroid dienone is 3. The van der Waals surface area contributed by atoms with Gasteiger partial charge < -0.3 is 0 Å². The first-order valence-electron chi connectivity index (χ1n) is 4.13. The Morgan fingerprint density at radius 3 is 2.54 bits per heavy atom. The lowest BCUT2D eigenvalue weighted by molar-refractivity contribution is 1.20. The minimum Gasteiger partial charge on any atom is -0.248 e. The van der Waals surface area contributed by atoms with Gasteiger partial charge in [0.2, 0.25) is 0 Å². The third-order valence-corrected chi connectivity index (χ3v) is 1.90. The molecule has 0 aliphatic rings. The highest BCUT2D eigenvalue weighted by atomic mass is 14.7. The molecule has 0 fully saturated rings. The van der Waals surface area contributed by atoms with Crippen LogP contribution in [0.2, 0.25) is 0 Å². The minimum atomic E-state index is 0.721. The van der Waals surface area contributed by atoms with Gasteiger partial charge in [0.1, 0.15) is 0 Å². The molecule has 0 N–H and O–H groups in total. The lowest BCUT2D eigenvalue weighted by atomic mass is 10.1. The molecule has 0 spiro atoms. The van der Waals surface area contributed by atoms with Gasteiger partial charge in [-0.15, -0.1) is 0 Å². The van der Waals surface area contributed by atoms with E-state index < -0.39 is 0 Å². The molecule has 1 rings (SSSR count). The number of hydrogen-bond acceptors (Lipinski definition) is 1. The first kappa shape index (κ1) is 9.46. The molecule has 0 atom stereocenters. The van der Waals surface area contributed by atoms with E-state index in [0.717, 1.165) is 21.8 Å². The molecule has 1 heterocycles. The molecular weight excluding hydrogens is 158 g/mol. The van der Waals surface area contributed by atoms with E-state index in [9.17, 15) is 0 Å². The van der Waals surface area contributed by atoms with Crippen molar-refractivity contribution in [3.63, 3.8) is 0 Å². The lowest BCUT2D eigenvalue weighted by Crippen LogP contribution is -2.25. The van der Waals surface area contributed by atoms with Gasteiger partial charge in [-0.05, 0) is 23.8 Å². The van der Waals surface area contributed by atoms with E-state index in [1.807, 2.05) is 25.1 Å². The van der Waals surface area contributed by atoms with Gasteiger partial charge in [0.25, 0.3) is 0 Å². The standard InChI is InChI=1S/C12H13N/c1-5-11(6-2)12-8-7-9(3)10(4)13-12/h5-8H,1,3-4H2,2H3/b11-6+. The van der Waals surface area contributed by atoms with E-state index in [-0.39, 0.29) is 0 Å². The van der Waals surface area contributed by atoms with Crippen molar-refractivity contribution >= 4 is 18.7 Å². The van der Waals surface area contributed by atoms with Gasteiger partial charge in [-0.3, -0.25) is 0 Å². The van der Waals surface area contributed by atoms with Crippen molar-refractivity contribution in [3.05, 3.63) is 47.1 Å². The zero-order chi connectivity index (χ0) is 9.84. The zero-order valence-electron chi connectivity index (χ0n) is 7.88. The molecule has 1 aromatic rings. The highest BCUT2D eigenvalue weighted by Crippen LogP contribution is 2.08. The largest absolute Gasteiger partial charge is 0.248 e. The molecule has 0 aliphatic heterocycles. The normalized spacial score (nSPS) is 11.3. The summed E-state index contributed by atoms with van der Waals surface area (Å²) in [5.41, 5.74) is 1.92. The van der Waals surface area contributed by atoms with Gasteiger partial charge >= 0.3 is 0 Å². The van der Waals surface area contributed by atoms with E-state index in [1.54, 1.807) is 6.08 Å². The molecule has 0 amide bonds. The van der Waals surface area contributed by atoms with Crippen molar-refractivity contribution in [1.29, 1.82) is 0 Å². The molecule has 0 saturated carbocycles. The molecule has 0 bridgehead atoms. The minimum absolute atomic E-state index is 0.721. The van der Waals surface area contributed by atoms with Crippen molar-refractivity contribution in [1.82, 2.24) is 4.98 Å². The van der Waals surface area contributed by atoms with Crippen LogP contribution in [0, 0.1) is 0 Å². The van der Waals surface area contributed by atoms with Crippen LogP contribution in [-0.4, -0.2) is 4.98 Å². The highest BCUT2D eigenvalue weighted by Gasteiger charge is 1.95. The average molecular weight is 171 g/mol. The molecule has 0 unspecified atom stereocenters. The smallest absolute Gasteiger partial charge is 0.0705 e. The topological polar surface area (TPSA) is 12.9 Å². The number of nitrogens with zero attached hydrogens (tertiary/aromatic N) is 1. The van der Waals surface area contributed by atoms with Crippen LogP contribution >= 0.6 is 0 Å². The number of rotatable bonds is 2. The molecule has 0 aromatic carbocycles.